The highest BCUT2D eigenvalue weighted by molar-refractivity contribution is 9.10. The van der Waals surface area contributed by atoms with Crippen molar-refractivity contribution >= 4 is 15.9 Å². The van der Waals surface area contributed by atoms with Gasteiger partial charge in [-0.1, -0.05) is 28.1 Å². The number of aliphatic hydroxyl groups excluding tert-OH is 1. The molecule has 0 spiro atoms. The van der Waals surface area contributed by atoms with Crippen molar-refractivity contribution < 1.29 is 5.11 Å². The van der Waals surface area contributed by atoms with E-state index in [4.69, 9.17) is 10.8 Å². The lowest BCUT2D eigenvalue weighted by molar-refractivity contribution is 0.122. The molecule has 2 unspecified atom stereocenters. The van der Waals surface area contributed by atoms with Crippen LogP contribution in [0, 0.1) is 0 Å². The standard InChI is InChI=1S/C12H19BrN2O/c1-9(8-16)15(2)12(7-14)10-3-5-11(13)6-4-10/h3-6,9,12,16H,7-8,14H2,1-2H3. The van der Waals surface area contributed by atoms with Crippen molar-refractivity contribution in [2.24, 2.45) is 5.73 Å². The maximum atomic E-state index is 9.15. The molecule has 0 aliphatic rings. The maximum absolute atomic E-state index is 9.15. The molecule has 0 heterocycles. The van der Waals surface area contributed by atoms with Crippen LogP contribution >= 0.6 is 15.9 Å². The van der Waals surface area contributed by atoms with Crippen LogP contribution in [-0.2, 0) is 0 Å². The first-order valence-electron chi connectivity index (χ1n) is 5.38. The Morgan fingerprint density at radius 2 is 1.94 bits per heavy atom. The zero-order valence-corrected chi connectivity index (χ0v) is 11.3. The van der Waals surface area contributed by atoms with Crippen molar-refractivity contribution in [2.75, 3.05) is 20.2 Å². The molecule has 90 valence electrons. The number of rotatable bonds is 5. The van der Waals surface area contributed by atoms with E-state index in [9.17, 15) is 0 Å². The van der Waals surface area contributed by atoms with E-state index in [1.807, 2.05) is 26.1 Å². The van der Waals surface area contributed by atoms with Gasteiger partial charge in [0.2, 0.25) is 0 Å². The molecule has 1 aromatic rings. The SMILES string of the molecule is CC(CO)N(C)C(CN)c1ccc(Br)cc1. The molecule has 16 heavy (non-hydrogen) atoms. The van der Waals surface area contributed by atoms with E-state index < -0.39 is 0 Å². The topological polar surface area (TPSA) is 49.5 Å². The van der Waals surface area contributed by atoms with Crippen LogP contribution in [0.2, 0.25) is 0 Å². The van der Waals surface area contributed by atoms with Crippen LogP contribution in [0.1, 0.15) is 18.5 Å². The second kappa shape index (κ2) is 6.35. The summed E-state index contributed by atoms with van der Waals surface area (Å²) in [6.07, 6.45) is 0. The molecule has 3 nitrogen and oxygen atoms in total. The van der Waals surface area contributed by atoms with Gasteiger partial charge < -0.3 is 10.8 Å². The van der Waals surface area contributed by atoms with Gasteiger partial charge in [-0.3, -0.25) is 4.90 Å². The van der Waals surface area contributed by atoms with Crippen molar-refractivity contribution in [3.8, 4) is 0 Å². The third kappa shape index (κ3) is 3.28. The van der Waals surface area contributed by atoms with Crippen LogP contribution < -0.4 is 5.73 Å². The average molecular weight is 287 g/mol. The monoisotopic (exact) mass is 286 g/mol. The van der Waals surface area contributed by atoms with Gasteiger partial charge in [-0.05, 0) is 31.7 Å². The van der Waals surface area contributed by atoms with Crippen molar-refractivity contribution in [1.82, 2.24) is 4.90 Å². The Bertz CT molecular complexity index is 315. The molecule has 3 N–H and O–H groups in total. The van der Waals surface area contributed by atoms with Crippen LogP contribution in [0.4, 0.5) is 0 Å². The highest BCUT2D eigenvalue weighted by Crippen LogP contribution is 2.22. The average Bonchev–Trinajstić information content (AvgIpc) is 2.31. The Morgan fingerprint density at radius 3 is 2.38 bits per heavy atom. The fraction of sp³-hybridized carbons (Fsp3) is 0.500. The van der Waals surface area contributed by atoms with E-state index in [-0.39, 0.29) is 18.7 Å². The Kier molecular flexibility index (Phi) is 5.41. The largest absolute Gasteiger partial charge is 0.395 e. The van der Waals surface area contributed by atoms with Crippen molar-refractivity contribution in [1.29, 1.82) is 0 Å². The Hall–Kier alpha value is -0.420. The molecule has 0 saturated carbocycles. The van der Waals surface area contributed by atoms with Gasteiger partial charge in [-0.15, -0.1) is 0 Å². The number of halogens is 1. The molecule has 2 atom stereocenters. The van der Waals surface area contributed by atoms with Gasteiger partial charge in [-0.2, -0.15) is 0 Å². The van der Waals surface area contributed by atoms with Crippen LogP contribution in [0.5, 0.6) is 0 Å². The molecule has 0 bridgehead atoms. The summed E-state index contributed by atoms with van der Waals surface area (Å²) >= 11 is 3.41. The first kappa shape index (κ1) is 13.6. The summed E-state index contributed by atoms with van der Waals surface area (Å²) in [6.45, 7) is 2.67. The Balaban J connectivity index is 2.85. The second-order valence-electron chi connectivity index (χ2n) is 4.00. The third-order valence-electron chi connectivity index (χ3n) is 2.93. The van der Waals surface area contributed by atoms with Gasteiger partial charge >= 0.3 is 0 Å². The Morgan fingerprint density at radius 1 is 1.38 bits per heavy atom. The zero-order chi connectivity index (χ0) is 12.1. The lowest BCUT2D eigenvalue weighted by Gasteiger charge is -2.31. The molecule has 0 saturated heterocycles. The normalized spacial score (nSPS) is 15.1. The van der Waals surface area contributed by atoms with E-state index in [1.54, 1.807) is 0 Å². The van der Waals surface area contributed by atoms with Crippen LogP contribution in [-0.4, -0.2) is 36.2 Å². The maximum Gasteiger partial charge on any atom is 0.0584 e. The number of nitrogens with two attached hydrogens (primary N) is 1. The first-order valence-corrected chi connectivity index (χ1v) is 6.17. The first-order chi connectivity index (χ1) is 7.60. The molecular weight excluding hydrogens is 268 g/mol. The van der Waals surface area contributed by atoms with Gasteiger partial charge in [-0.25, -0.2) is 0 Å². The van der Waals surface area contributed by atoms with Crippen molar-refractivity contribution in [3.63, 3.8) is 0 Å². The molecule has 0 radical (unpaired) electrons. The second-order valence-corrected chi connectivity index (χ2v) is 4.92. The summed E-state index contributed by atoms with van der Waals surface area (Å²) < 4.78 is 1.06. The van der Waals surface area contributed by atoms with Crippen LogP contribution in [0.25, 0.3) is 0 Å². The Labute approximate surface area is 105 Å². The predicted octanol–water partition coefficient (Wildman–Crippen LogP) is 1.76. The lowest BCUT2D eigenvalue weighted by Crippen LogP contribution is -2.38. The quantitative estimate of drug-likeness (QED) is 0.867. The molecule has 0 aliphatic heterocycles. The predicted molar refractivity (Wildman–Crippen MR) is 70.2 cm³/mol. The van der Waals surface area contributed by atoms with E-state index in [2.05, 4.69) is 33.0 Å². The smallest absolute Gasteiger partial charge is 0.0584 e. The summed E-state index contributed by atoms with van der Waals surface area (Å²) in [6, 6.07) is 8.39. The number of likely N-dealkylation sites (N-methyl/N-ethyl adjacent to an activating group) is 1. The van der Waals surface area contributed by atoms with Crippen LogP contribution in [0.15, 0.2) is 28.7 Å². The molecule has 1 rings (SSSR count). The van der Waals surface area contributed by atoms with Gasteiger partial charge in [0.15, 0.2) is 0 Å². The van der Waals surface area contributed by atoms with E-state index in [0.717, 1.165) is 4.47 Å². The number of aliphatic hydroxyl groups is 1. The minimum atomic E-state index is 0.109. The van der Waals surface area contributed by atoms with Gasteiger partial charge in [0.05, 0.1) is 6.61 Å². The van der Waals surface area contributed by atoms with Gasteiger partial charge in [0, 0.05) is 23.1 Å². The van der Waals surface area contributed by atoms with E-state index in [0.29, 0.717) is 6.54 Å². The minimum absolute atomic E-state index is 0.109. The zero-order valence-electron chi connectivity index (χ0n) is 9.73. The molecular formula is C12H19BrN2O. The highest BCUT2D eigenvalue weighted by atomic mass is 79.9. The summed E-state index contributed by atoms with van der Waals surface area (Å²) in [4.78, 5) is 2.10. The summed E-state index contributed by atoms with van der Waals surface area (Å²) in [5, 5.41) is 9.15. The van der Waals surface area contributed by atoms with E-state index >= 15 is 0 Å². The number of hydrogen-bond donors (Lipinski definition) is 2. The van der Waals surface area contributed by atoms with Gasteiger partial charge in [0.1, 0.15) is 0 Å². The summed E-state index contributed by atoms with van der Waals surface area (Å²) in [5.41, 5.74) is 6.98. The van der Waals surface area contributed by atoms with Crippen LogP contribution in [0.3, 0.4) is 0 Å². The number of hydrogen-bond acceptors (Lipinski definition) is 3. The lowest BCUT2D eigenvalue weighted by atomic mass is 10.0. The van der Waals surface area contributed by atoms with E-state index in [1.165, 1.54) is 5.56 Å². The molecule has 0 amide bonds. The molecule has 0 aromatic heterocycles. The fourth-order valence-corrected chi connectivity index (χ4v) is 1.92. The molecule has 4 heteroatoms. The van der Waals surface area contributed by atoms with Crippen molar-refractivity contribution in [2.45, 2.75) is 19.0 Å². The number of nitrogens with zero attached hydrogens (tertiary/aromatic N) is 1. The third-order valence-corrected chi connectivity index (χ3v) is 3.46. The molecule has 0 fully saturated rings. The number of benzene rings is 1. The fourth-order valence-electron chi connectivity index (χ4n) is 1.66. The van der Waals surface area contributed by atoms with Crippen molar-refractivity contribution in [3.05, 3.63) is 34.3 Å². The highest BCUT2D eigenvalue weighted by Gasteiger charge is 2.19. The molecule has 0 aliphatic carbocycles. The molecule has 1 aromatic carbocycles. The summed E-state index contributed by atoms with van der Waals surface area (Å²) in [5.74, 6) is 0. The summed E-state index contributed by atoms with van der Waals surface area (Å²) in [7, 11) is 1.99. The van der Waals surface area contributed by atoms with Gasteiger partial charge in [0.25, 0.3) is 0 Å². The minimum Gasteiger partial charge on any atom is -0.395 e.